The van der Waals surface area contributed by atoms with Crippen molar-refractivity contribution in [1.82, 2.24) is 20.2 Å². The normalized spacial score (nSPS) is 19.0. The summed E-state index contributed by atoms with van der Waals surface area (Å²) in [6.45, 7) is 0.879. The maximum atomic E-state index is 11.9. The number of nitrogens with zero attached hydrogens (tertiary/aromatic N) is 3. The highest BCUT2D eigenvalue weighted by atomic mass is 32.2. The molecule has 0 bridgehead atoms. The Morgan fingerprint density at radius 1 is 1.55 bits per heavy atom. The average Bonchev–Trinajstić information content (AvgIpc) is 2.48. The Kier molecular flexibility index (Phi) is 4.91. The van der Waals surface area contributed by atoms with Crippen molar-refractivity contribution < 1.29 is 14.3 Å². The average molecular weight is 296 g/mol. The molecule has 1 saturated heterocycles. The van der Waals surface area contributed by atoms with Crippen LogP contribution in [0.4, 0.5) is 0 Å². The predicted molar refractivity (Wildman–Crippen MR) is 73.5 cm³/mol. The molecule has 0 aromatic carbocycles. The second kappa shape index (κ2) is 6.67. The fraction of sp³-hybridized carbons (Fsp3) is 0.500. The smallest absolute Gasteiger partial charge is 0.254 e. The Bertz CT molecular complexity index is 494. The van der Waals surface area contributed by atoms with Gasteiger partial charge >= 0.3 is 0 Å². The molecule has 1 aromatic heterocycles. The first-order valence-electron chi connectivity index (χ1n) is 6.10. The summed E-state index contributed by atoms with van der Waals surface area (Å²) in [5.74, 6) is -0.297. The Hall–Kier alpha value is -1.67. The number of hydrogen-bond acceptors (Lipinski definition) is 6. The van der Waals surface area contributed by atoms with Gasteiger partial charge in [0.2, 0.25) is 5.91 Å². The summed E-state index contributed by atoms with van der Waals surface area (Å²) in [7, 11) is 1.72. The number of morpholine rings is 1. The molecule has 7 nitrogen and oxygen atoms in total. The van der Waals surface area contributed by atoms with E-state index in [4.69, 9.17) is 4.74 Å². The van der Waals surface area contributed by atoms with Gasteiger partial charge < -0.3 is 15.0 Å². The highest BCUT2D eigenvalue weighted by molar-refractivity contribution is 7.98. The minimum atomic E-state index is -0.249. The van der Waals surface area contributed by atoms with Crippen LogP contribution < -0.4 is 5.32 Å². The van der Waals surface area contributed by atoms with Crippen molar-refractivity contribution in [2.75, 3.05) is 33.0 Å². The number of hydrogen-bond donors (Lipinski definition) is 1. The number of nitrogens with one attached hydrogen (secondary N) is 1. The van der Waals surface area contributed by atoms with E-state index < -0.39 is 0 Å². The third-order valence-corrected chi connectivity index (χ3v) is 3.48. The van der Waals surface area contributed by atoms with Crippen molar-refractivity contribution in [3.8, 4) is 0 Å². The third-order valence-electron chi connectivity index (χ3n) is 2.91. The van der Waals surface area contributed by atoms with Crippen LogP contribution in [0.15, 0.2) is 17.6 Å². The summed E-state index contributed by atoms with van der Waals surface area (Å²) in [6.07, 6.45) is 4.66. The van der Waals surface area contributed by atoms with Crippen LogP contribution in [0.3, 0.4) is 0 Å². The molecule has 2 heterocycles. The lowest BCUT2D eigenvalue weighted by Crippen LogP contribution is -2.48. The number of rotatable bonds is 4. The molecule has 108 valence electrons. The molecular weight excluding hydrogens is 280 g/mol. The van der Waals surface area contributed by atoms with Gasteiger partial charge in [-0.25, -0.2) is 9.97 Å². The SMILES string of the molecule is CSc1ncc(C(=O)NC[C@H]2CN(C)C(=O)CO2)cn1. The highest BCUT2D eigenvalue weighted by Crippen LogP contribution is 2.07. The number of amides is 2. The van der Waals surface area contributed by atoms with E-state index in [1.807, 2.05) is 6.26 Å². The molecule has 1 aromatic rings. The first kappa shape index (κ1) is 14.7. The Labute approximate surface area is 121 Å². The molecule has 20 heavy (non-hydrogen) atoms. The Morgan fingerprint density at radius 2 is 2.25 bits per heavy atom. The lowest BCUT2D eigenvalue weighted by molar-refractivity contribution is -0.146. The van der Waals surface area contributed by atoms with Crippen LogP contribution in [0, 0.1) is 0 Å². The molecule has 1 fully saturated rings. The molecule has 2 rings (SSSR count). The van der Waals surface area contributed by atoms with Gasteiger partial charge in [-0.3, -0.25) is 9.59 Å². The lowest BCUT2D eigenvalue weighted by atomic mass is 10.2. The van der Waals surface area contributed by atoms with Crippen LogP contribution in [-0.2, 0) is 9.53 Å². The minimum absolute atomic E-state index is 0.0476. The van der Waals surface area contributed by atoms with Gasteiger partial charge in [-0.1, -0.05) is 11.8 Å². The number of aromatic nitrogens is 2. The number of likely N-dealkylation sites (N-methyl/N-ethyl adjacent to an activating group) is 1. The summed E-state index contributed by atoms with van der Waals surface area (Å²) in [5, 5.41) is 3.38. The summed E-state index contributed by atoms with van der Waals surface area (Å²) >= 11 is 1.41. The van der Waals surface area contributed by atoms with E-state index in [1.54, 1.807) is 11.9 Å². The van der Waals surface area contributed by atoms with E-state index in [9.17, 15) is 9.59 Å². The molecule has 0 spiro atoms. The number of thioether (sulfide) groups is 1. The van der Waals surface area contributed by atoms with Crippen LogP contribution >= 0.6 is 11.8 Å². The topological polar surface area (TPSA) is 84.4 Å². The van der Waals surface area contributed by atoms with Gasteiger partial charge in [-0.15, -0.1) is 0 Å². The molecule has 8 heteroatoms. The third kappa shape index (κ3) is 3.67. The van der Waals surface area contributed by atoms with Gasteiger partial charge in [0.1, 0.15) is 6.61 Å². The number of carbonyl (C=O) groups excluding carboxylic acids is 2. The molecule has 1 atom stereocenters. The van der Waals surface area contributed by atoms with Gasteiger partial charge in [-0.2, -0.15) is 0 Å². The summed E-state index contributed by atoms with van der Waals surface area (Å²) in [6, 6.07) is 0. The van der Waals surface area contributed by atoms with Crippen LogP contribution in [0.1, 0.15) is 10.4 Å². The number of carbonyl (C=O) groups is 2. The molecule has 0 aliphatic carbocycles. The maximum absolute atomic E-state index is 11.9. The molecule has 1 aliphatic rings. The molecule has 0 radical (unpaired) electrons. The molecule has 0 unspecified atom stereocenters. The fourth-order valence-corrected chi connectivity index (χ4v) is 2.05. The summed E-state index contributed by atoms with van der Waals surface area (Å²) in [5.41, 5.74) is 0.406. The fourth-order valence-electron chi connectivity index (χ4n) is 1.73. The minimum Gasteiger partial charge on any atom is -0.365 e. The zero-order valence-electron chi connectivity index (χ0n) is 11.3. The zero-order chi connectivity index (χ0) is 14.5. The molecule has 2 amide bonds. The van der Waals surface area contributed by atoms with Gasteiger partial charge in [0.15, 0.2) is 5.16 Å². The largest absolute Gasteiger partial charge is 0.365 e. The monoisotopic (exact) mass is 296 g/mol. The van der Waals surface area contributed by atoms with E-state index >= 15 is 0 Å². The van der Waals surface area contributed by atoms with Crippen molar-refractivity contribution in [3.63, 3.8) is 0 Å². The summed E-state index contributed by atoms with van der Waals surface area (Å²) < 4.78 is 5.34. The van der Waals surface area contributed by atoms with Crippen LogP contribution in [0.2, 0.25) is 0 Å². The van der Waals surface area contributed by atoms with Crippen LogP contribution in [0.5, 0.6) is 0 Å². The quantitative estimate of drug-likeness (QED) is 0.611. The van der Waals surface area contributed by atoms with E-state index in [0.29, 0.717) is 23.8 Å². The van der Waals surface area contributed by atoms with Crippen LogP contribution in [-0.4, -0.2) is 65.8 Å². The van der Waals surface area contributed by atoms with Gasteiger partial charge in [0.25, 0.3) is 5.91 Å². The van der Waals surface area contributed by atoms with Gasteiger partial charge in [-0.05, 0) is 6.26 Å². The Balaban J connectivity index is 1.84. The zero-order valence-corrected chi connectivity index (χ0v) is 12.1. The van der Waals surface area contributed by atoms with Crippen molar-refractivity contribution >= 4 is 23.6 Å². The molecule has 0 saturated carbocycles. The lowest BCUT2D eigenvalue weighted by Gasteiger charge is -2.29. The maximum Gasteiger partial charge on any atom is 0.254 e. The predicted octanol–water partition coefficient (Wildman–Crippen LogP) is -0.214. The Morgan fingerprint density at radius 3 is 2.85 bits per heavy atom. The highest BCUT2D eigenvalue weighted by Gasteiger charge is 2.23. The van der Waals surface area contributed by atoms with E-state index in [1.165, 1.54) is 24.2 Å². The first-order chi connectivity index (χ1) is 9.60. The number of ether oxygens (including phenoxy) is 1. The molecule has 1 aliphatic heterocycles. The molecular formula is C12H16N4O3S. The second-order valence-corrected chi connectivity index (χ2v) is 5.15. The van der Waals surface area contributed by atoms with Crippen LogP contribution in [0.25, 0.3) is 0 Å². The van der Waals surface area contributed by atoms with Gasteiger partial charge in [0.05, 0.1) is 11.7 Å². The van der Waals surface area contributed by atoms with E-state index in [-0.39, 0.29) is 24.5 Å². The second-order valence-electron chi connectivity index (χ2n) is 4.38. The molecule has 1 N–H and O–H groups in total. The standard InChI is InChI=1S/C12H16N4O3S/c1-16-6-9(19-7-10(16)17)5-13-11(18)8-3-14-12(20-2)15-4-8/h3-4,9H,5-7H2,1-2H3,(H,13,18)/t9-/m0/s1. The first-order valence-corrected chi connectivity index (χ1v) is 7.32. The summed E-state index contributed by atoms with van der Waals surface area (Å²) in [4.78, 5) is 32.8. The van der Waals surface area contributed by atoms with Crippen molar-refractivity contribution in [2.45, 2.75) is 11.3 Å². The van der Waals surface area contributed by atoms with Crippen molar-refractivity contribution in [3.05, 3.63) is 18.0 Å². The van der Waals surface area contributed by atoms with Crippen molar-refractivity contribution in [2.24, 2.45) is 0 Å². The van der Waals surface area contributed by atoms with Crippen molar-refractivity contribution in [1.29, 1.82) is 0 Å². The van der Waals surface area contributed by atoms with Gasteiger partial charge in [0, 0.05) is 32.5 Å². The van der Waals surface area contributed by atoms with E-state index in [0.717, 1.165) is 0 Å². The van der Waals surface area contributed by atoms with E-state index in [2.05, 4.69) is 15.3 Å².